The third kappa shape index (κ3) is 3.46. The number of nitrogens with one attached hydrogen (secondary N) is 1. The number of amidine groups is 1. The molecule has 2 atom stereocenters. The van der Waals surface area contributed by atoms with Crippen LogP contribution < -0.4 is 11.1 Å². The summed E-state index contributed by atoms with van der Waals surface area (Å²) in [6, 6.07) is 4.58. The third-order valence-electron chi connectivity index (χ3n) is 3.74. The second kappa shape index (κ2) is 6.67. The lowest BCUT2D eigenvalue weighted by atomic mass is 10.00. The van der Waals surface area contributed by atoms with E-state index >= 15 is 0 Å². The Hall–Kier alpha value is -1.66. The van der Waals surface area contributed by atoms with Crippen LogP contribution in [0.1, 0.15) is 24.5 Å². The fourth-order valence-electron chi connectivity index (χ4n) is 2.38. The van der Waals surface area contributed by atoms with E-state index in [2.05, 4.69) is 17.4 Å². The molecule has 2 unspecified atom stereocenters. The molecule has 110 valence electrons. The van der Waals surface area contributed by atoms with Crippen molar-refractivity contribution in [2.45, 2.75) is 25.9 Å². The Morgan fingerprint density at radius 1 is 1.65 bits per heavy atom. The number of ether oxygens (including phenoxy) is 1. The number of hydrogen-bond donors (Lipinski definition) is 3. The molecule has 1 aromatic carbocycles. The minimum absolute atomic E-state index is 0.0850. The first-order valence-corrected chi connectivity index (χ1v) is 6.69. The van der Waals surface area contributed by atoms with Crippen molar-refractivity contribution < 1.29 is 14.3 Å². The molecule has 0 radical (unpaired) electrons. The maximum Gasteiger partial charge on any atom is 0.170 e. The summed E-state index contributed by atoms with van der Waals surface area (Å²) in [5, 5.41) is 15.1. The van der Waals surface area contributed by atoms with Crippen molar-refractivity contribution in [1.82, 2.24) is 5.32 Å². The molecule has 2 rings (SSSR count). The molecule has 1 fully saturated rings. The molecule has 0 aliphatic carbocycles. The van der Waals surface area contributed by atoms with Gasteiger partial charge in [0, 0.05) is 24.8 Å². The summed E-state index contributed by atoms with van der Waals surface area (Å²) in [6.45, 7) is 4.21. The van der Waals surface area contributed by atoms with Crippen LogP contribution in [0.2, 0.25) is 0 Å². The predicted octanol–water partition coefficient (Wildman–Crippen LogP) is 1.43. The second-order valence-electron chi connectivity index (χ2n) is 5.08. The zero-order valence-corrected chi connectivity index (χ0v) is 11.5. The Morgan fingerprint density at radius 2 is 2.45 bits per heavy atom. The van der Waals surface area contributed by atoms with Gasteiger partial charge in [0.05, 0.1) is 6.61 Å². The Kier molecular flexibility index (Phi) is 4.92. The van der Waals surface area contributed by atoms with Gasteiger partial charge in [0.15, 0.2) is 5.84 Å². The molecule has 0 bridgehead atoms. The van der Waals surface area contributed by atoms with Crippen LogP contribution >= 0.6 is 0 Å². The van der Waals surface area contributed by atoms with Crippen molar-refractivity contribution >= 4 is 5.84 Å². The Labute approximate surface area is 117 Å². The maximum atomic E-state index is 13.3. The largest absolute Gasteiger partial charge is 0.409 e. The summed E-state index contributed by atoms with van der Waals surface area (Å²) in [5.41, 5.74) is 6.79. The lowest BCUT2D eigenvalue weighted by Gasteiger charge is -2.20. The first-order chi connectivity index (χ1) is 9.61. The zero-order chi connectivity index (χ0) is 14.5. The molecule has 1 aliphatic rings. The van der Waals surface area contributed by atoms with Crippen LogP contribution in [0.15, 0.2) is 23.4 Å². The average Bonchev–Trinajstić information content (AvgIpc) is 2.99. The molecule has 0 aromatic heterocycles. The van der Waals surface area contributed by atoms with Crippen LogP contribution in [0.5, 0.6) is 0 Å². The zero-order valence-electron chi connectivity index (χ0n) is 11.5. The summed E-state index contributed by atoms with van der Waals surface area (Å²) < 4.78 is 18.6. The first-order valence-electron chi connectivity index (χ1n) is 6.69. The molecule has 0 amide bonds. The van der Waals surface area contributed by atoms with Gasteiger partial charge >= 0.3 is 0 Å². The van der Waals surface area contributed by atoms with E-state index in [0.29, 0.717) is 24.1 Å². The summed E-state index contributed by atoms with van der Waals surface area (Å²) in [5.74, 6) is -0.00602. The van der Waals surface area contributed by atoms with E-state index in [9.17, 15) is 4.39 Å². The molecule has 1 heterocycles. The molecule has 6 heteroatoms. The van der Waals surface area contributed by atoms with Crippen LogP contribution in [0.25, 0.3) is 0 Å². The summed E-state index contributed by atoms with van der Waals surface area (Å²) in [7, 11) is 0. The number of halogens is 1. The van der Waals surface area contributed by atoms with Crippen LogP contribution in [0, 0.1) is 11.7 Å². The van der Waals surface area contributed by atoms with E-state index < -0.39 is 5.82 Å². The highest BCUT2D eigenvalue weighted by Crippen LogP contribution is 2.17. The predicted molar refractivity (Wildman–Crippen MR) is 74.1 cm³/mol. The van der Waals surface area contributed by atoms with Gasteiger partial charge in [-0.3, -0.25) is 0 Å². The van der Waals surface area contributed by atoms with Gasteiger partial charge in [0.2, 0.25) is 0 Å². The van der Waals surface area contributed by atoms with E-state index in [4.69, 9.17) is 15.7 Å². The number of benzene rings is 1. The number of nitrogens with zero attached hydrogens (tertiary/aromatic N) is 1. The van der Waals surface area contributed by atoms with E-state index in [-0.39, 0.29) is 5.84 Å². The molecule has 5 nitrogen and oxygen atoms in total. The van der Waals surface area contributed by atoms with Crippen molar-refractivity contribution in [3.05, 3.63) is 35.1 Å². The smallest absolute Gasteiger partial charge is 0.170 e. The molecule has 1 aromatic rings. The van der Waals surface area contributed by atoms with Crippen molar-refractivity contribution in [3.8, 4) is 0 Å². The standard InChI is InChI=1S/C14H20FN3O2/c1-9(11-4-5-20-8-11)17-7-10-2-3-12(15)6-13(10)14(16)18-19/h2-3,6,9,11,17,19H,4-5,7-8H2,1H3,(H2,16,18). The van der Waals surface area contributed by atoms with Gasteiger partial charge < -0.3 is 21.0 Å². The molecule has 20 heavy (non-hydrogen) atoms. The van der Waals surface area contributed by atoms with Crippen molar-refractivity contribution in [1.29, 1.82) is 0 Å². The van der Waals surface area contributed by atoms with Gasteiger partial charge in [-0.25, -0.2) is 4.39 Å². The van der Waals surface area contributed by atoms with Crippen molar-refractivity contribution in [2.75, 3.05) is 13.2 Å². The van der Waals surface area contributed by atoms with Gasteiger partial charge in [0.25, 0.3) is 0 Å². The number of hydrogen-bond acceptors (Lipinski definition) is 4. The number of oxime groups is 1. The normalized spacial score (nSPS) is 21.1. The van der Waals surface area contributed by atoms with Gasteiger partial charge in [-0.1, -0.05) is 11.2 Å². The van der Waals surface area contributed by atoms with E-state index in [1.165, 1.54) is 12.1 Å². The molecule has 4 N–H and O–H groups in total. The third-order valence-corrected chi connectivity index (χ3v) is 3.74. The second-order valence-corrected chi connectivity index (χ2v) is 5.08. The van der Waals surface area contributed by atoms with Crippen LogP contribution in [-0.2, 0) is 11.3 Å². The number of rotatable bonds is 5. The fourth-order valence-corrected chi connectivity index (χ4v) is 2.38. The maximum absolute atomic E-state index is 13.3. The lowest BCUT2D eigenvalue weighted by Crippen LogP contribution is -2.34. The molecule has 0 saturated carbocycles. The first kappa shape index (κ1) is 14.7. The quantitative estimate of drug-likeness (QED) is 0.330. The molecular weight excluding hydrogens is 261 g/mol. The fraction of sp³-hybridized carbons (Fsp3) is 0.500. The SMILES string of the molecule is CC(NCc1ccc(F)cc1/C(N)=N/O)C1CCOC1. The van der Waals surface area contributed by atoms with Gasteiger partial charge in [-0.2, -0.15) is 0 Å². The van der Waals surface area contributed by atoms with Gasteiger partial charge in [-0.15, -0.1) is 0 Å². The molecule has 1 saturated heterocycles. The van der Waals surface area contributed by atoms with Crippen molar-refractivity contribution in [3.63, 3.8) is 0 Å². The van der Waals surface area contributed by atoms with E-state index in [1.54, 1.807) is 6.07 Å². The Balaban J connectivity index is 2.05. The van der Waals surface area contributed by atoms with Crippen LogP contribution in [-0.4, -0.2) is 30.3 Å². The van der Waals surface area contributed by atoms with E-state index in [1.807, 2.05) is 0 Å². The highest BCUT2D eigenvalue weighted by molar-refractivity contribution is 5.98. The minimum atomic E-state index is -0.410. The van der Waals surface area contributed by atoms with Crippen LogP contribution in [0.3, 0.4) is 0 Å². The van der Waals surface area contributed by atoms with Gasteiger partial charge in [-0.05, 0) is 37.0 Å². The molecule has 0 spiro atoms. The van der Waals surface area contributed by atoms with Crippen molar-refractivity contribution in [2.24, 2.45) is 16.8 Å². The minimum Gasteiger partial charge on any atom is -0.409 e. The topological polar surface area (TPSA) is 79.9 Å². The highest BCUT2D eigenvalue weighted by Gasteiger charge is 2.22. The lowest BCUT2D eigenvalue weighted by molar-refractivity contribution is 0.178. The summed E-state index contributed by atoms with van der Waals surface area (Å²) in [6.07, 6.45) is 1.05. The number of nitrogens with two attached hydrogens (primary N) is 1. The van der Waals surface area contributed by atoms with Crippen LogP contribution in [0.4, 0.5) is 4.39 Å². The molecular formula is C14H20FN3O2. The average molecular weight is 281 g/mol. The summed E-state index contributed by atoms with van der Waals surface area (Å²) >= 11 is 0. The Morgan fingerprint density at radius 3 is 3.10 bits per heavy atom. The molecule has 1 aliphatic heterocycles. The summed E-state index contributed by atoms with van der Waals surface area (Å²) in [4.78, 5) is 0. The van der Waals surface area contributed by atoms with E-state index in [0.717, 1.165) is 25.2 Å². The highest BCUT2D eigenvalue weighted by atomic mass is 19.1. The van der Waals surface area contributed by atoms with Gasteiger partial charge in [0.1, 0.15) is 5.82 Å². The monoisotopic (exact) mass is 281 g/mol. The Bertz CT molecular complexity index is 487.